The molecule has 0 radical (unpaired) electrons. The largest absolute Gasteiger partial charge is 0.369 e. The summed E-state index contributed by atoms with van der Waals surface area (Å²) in [6, 6.07) is 0. The lowest BCUT2D eigenvalue weighted by atomic mass is 9.88. The van der Waals surface area contributed by atoms with Crippen molar-refractivity contribution in [2.24, 2.45) is 0 Å². The van der Waals surface area contributed by atoms with Gasteiger partial charge in [0.25, 0.3) is 0 Å². The molecule has 0 bridgehead atoms. The molecule has 3 rings (SSSR count). The molecule has 20 heavy (non-hydrogen) atoms. The third-order valence-corrected chi connectivity index (χ3v) is 5.15. The molecule has 0 atom stereocenters. The highest BCUT2D eigenvalue weighted by molar-refractivity contribution is 9.10. The minimum absolute atomic E-state index is 0.580. The first-order valence-corrected chi connectivity index (χ1v) is 8.90. The molecular formula is C16H24BrN3. The van der Waals surface area contributed by atoms with Crippen LogP contribution in [0.1, 0.15) is 81.6 Å². The van der Waals surface area contributed by atoms with Crippen LogP contribution in [0.25, 0.3) is 0 Å². The maximum atomic E-state index is 4.93. The van der Waals surface area contributed by atoms with E-state index in [2.05, 4.69) is 28.2 Å². The van der Waals surface area contributed by atoms with E-state index in [1.165, 1.54) is 50.6 Å². The van der Waals surface area contributed by atoms with Crippen molar-refractivity contribution in [2.75, 3.05) is 11.9 Å². The second-order valence-electron chi connectivity index (χ2n) is 6.17. The van der Waals surface area contributed by atoms with Gasteiger partial charge in [0.1, 0.15) is 11.6 Å². The second-order valence-corrected chi connectivity index (χ2v) is 6.96. The Morgan fingerprint density at radius 2 is 1.80 bits per heavy atom. The Kier molecular flexibility index (Phi) is 4.59. The number of aromatic nitrogens is 2. The van der Waals surface area contributed by atoms with E-state index in [0.29, 0.717) is 11.8 Å². The summed E-state index contributed by atoms with van der Waals surface area (Å²) in [7, 11) is 0. The molecule has 0 spiro atoms. The van der Waals surface area contributed by atoms with Crippen molar-refractivity contribution in [3.63, 3.8) is 0 Å². The Morgan fingerprint density at radius 3 is 2.45 bits per heavy atom. The molecule has 0 saturated heterocycles. The van der Waals surface area contributed by atoms with Gasteiger partial charge in [-0.05, 0) is 48.0 Å². The van der Waals surface area contributed by atoms with Gasteiger partial charge in [-0.3, -0.25) is 0 Å². The maximum absolute atomic E-state index is 4.93. The summed E-state index contributed by atoms with van der Waals surface area (Å²) in [5.41, 5.74) is 1.25. The summed E-state index contributed by atoms with van der Waals surface area (Å²) in [6.07, 6.45) is 10.3. The fourth-order valence-electron chi connectivity index (χ4n) is 3.01. The van der Waals surface area contributed by atoms with Gasteiger partial charge in [-0.2, -0.15) is 0 Å². The fourth-order valence-corrected chi connectivity index (χ4v) is 3.65. The molecule has 0 unspecified atom stereocenters. The lowest BCUT2D eigenvalue weighted by Gasteiger charge is -2.22. The quantitative estimate of drug-likeness (QED) is 0.822. The number of hydrogen-bond donors (Lipinski definition) is 1. The van der Waals surface area contributed by atoms with Gasteiger partial charge in [0.2, 0.25) is 0 Å². The molecule has 1 heterocycles. The number of nitrogens with zero attached hydrogens (tertiary/aromatic N) is 2. The molecule has 4 heteroatoms. The van der Waals surface area contributed by atoms with Crippen LogP contribution in [0.15, 0.2) is 4.47 Å². The molecule has 0 aromatic carbocycles. The van der Waals surface area contributed by atoms with E-state index >= 15 is 0 Å². The smallest absolute Gasteiger partial charge is 0.144 e. The first-order chi connectivity index (χ1) is 9.79. The van der Waals surface area contributed by atoms with E-state index in [4.69, 9.17) is 9.97 Å². The van der Waals surface area contributed by atoms with Gasteiger partial charge in [0.15, 0.2) is 0 Å². The van der Waals surface area contributed by atoms with Gasteiger partial charge < -0.3 is 5.32 Å². The number of halogens is 1. The molecule has 110 valence electrons. The van der Waals surface area contributed by atoms with Crippen LogP contribution in [-0.4, -0.2) is 16.5 Å². The average Bonchev–Trinajstić information content (AvgIpc) is 3.32. The first-order valence-electron chi connectivity index (χ1n) is 8.10. The summed E-state index contributed by atoms with van der Waals surface area (Å²) in [5.74, 6) is 3.35. The Hall–Kier alpha value is -0.640. The summed E-state index contributed by atoms with van der Waals surface area (Å²) >= 11 is 3.72. The highest BCUT2D eigenvalue weighted by Crippen LogP contribution is 2.44. The van der Waals surface area contributed by atoms with Gasteiger partial charge in [-0.15, -0.1) is 0 Å². The van der Waals surface area contributed by atoms with Gasteiger partial charge in [0, 0.05) is 18.4 Å². The minimum atomic E-state index is 0.580. The summed E-state index contributed by atoms with van der Waals surface area (Å²) in [4.78, 5) is 9.76. The van der Waals surface area contributed by atoms with Crippen molar-refractivity contribution in [3.8, 4) is 0 Å². The average molecular weight is 338 g/mol. The van der Waals surface area contributed by atoms with Crippen LogP contribution in [0, 0.1) is 0 Å². The van der Waals surface area contributed by atoms with E-state index in [1.54, 1.807) is 0 Å². The third kappa shape index (κ3) is 3.16. The van der Waals surface area contributed by atoms with E-state index in [-0.39, 0.29) is 0 Å². The highest BCUT2D eigenvalue weighted by Gasteiger charge is 2.30. The van der Waals surface area contributed by atoms with Crippen molar-refractivity contribution < 1.29 is 0 Å². The minimum Gasteiger partial charge on any atom is -0.369 e. The third-order valence-electron chi connectivity index (χ3n) is 4.37. The topological polar surface area (TPSA) is 37.8 Å². The van der Waals surface area contributed by atoms with Crippen molar-refractivity contribution in [2.45, 2.75) is 70.1 Å². The monoisotopic (exact) mass is 337 g/mol. The summed E-state index contributed by atoms with van der Waals surface area (Å²) < 4.78 is 1.10. The molecule has 1 aromatic rings. The fraction of sp³-hybridized carbons (Fsp3) is 0.750. The van der Waals surface area contributed by atoms with Gasteiger partial charge >= 0.3 is 0 Å². The highest BCUT2D eigenvalue weighted by atomic mass is 79.9. The van der Waals surface area contributed by atoms with Crippen LogP contribution in [0.3, 0.4) is 0 Å². The number of nitrogens with one attached hydrogen (secondary N) is 1. The normalized spacial score (nSPS) is 20.1. The van der Waals surface area contributed by atoms with Gasteiger partial charge in [-0.25, -0.2) is 9.97 Å². The predicted octanol–water partition coefficient (Wildman–Crippen LogP) is 4.99. The van der Waals surface area contributed by atoms with Crippen molar-refractivity contribution >= 4 is 21.7 Å². The molecule has 2 aliphatic carbocycles. The van der Waals surface area contributed by atoms with Crippen LogP contribution in [0.5, 0.6) is 0 Å². The van der Waals surface area contributed by atoms with Crippen LogP contribution >= 0.6 is 15.9 Å². The number of rotatable bonds is 5. The van der Waals surface area contributed by atoms with E-state index in [1.807, 2.05) is 0 Å². The second kappa shape index (κ2) is 6.42. The maximum Gasteiger partial charge on any atom is 0.144 e. The molecular weight excluding hydrogens is 314 g/mol. The zero-order valence-corrected chi connectivity index (χ0v) is 13.9. The standard InChI is InChI=1S/C16H24BrN3/c1-2-10-18-16-13(17)14(11-8-9-11)19-15(20-16)12-6-4-3-5-7-12/h11-12H,2-10H2,1H3,(H,18,19,20). The molecule has 3 nitrogen and oxygen atoms in total. The first kappa shape index (κ1) is 14.3. The molecule has 0 aliphatic heterocycles. The summed E-state index contributed by atoms with van der Waals surface area (Å²) in [6.45, 7) is 3.16. The van der Waals surface area contributed by atoms with Crippen molar-refractivity contribution in [3.05, 3.63) is 16.0 Å². The van der Waals surface area contributed by atoms with Gasteiger partial charge in [0.05, 0.1) is 10.2 Å². The molecule has 1 N–H and O–H groups in total. The van der Waals surface area contributed by atoms with Crippen LogP contribution < -0.4 is 5.32 Å². The molecule has 0 amide bonds. The number of hydrogen-bond acceptors (Lipinski definition) is 3. The van der Waals surface area contributed by atoms with Crippen LogP contribution in [0.4, 0.5) is 5.82 Å². The van der Waals surface area contributed by atoms with Crippen LogP contribution in [0.2, 0.25) is 0 Å². The Labute approximate surface area is 130 Å². The Morgan fingerprint density at radius 1 is 1.05 bits per heavy atom. The van der Waals surface area contributed by atoms with E-state index in [9.17, 15) is 0 Å². The molecule has 2 saturated carbocycles. The van der Waals surface area contributed by atoms with Crippen molar-refractivity contribution in [1.82, 2.24) is 9.97 Å². The zero-order chi connectivity index (χ0) is 13.9. The summed E-state index contributed by atoms with van der Waals surface area (Å²) in [5, 5.41) is 3.47. The lowest BCUT2D eigenvalue weighted by Crippen LogP contribution is -2.13. The SMILES string of the molecule is CCCNc1nc(C2CCCCC2)nc(C2CC2)c1Br. The van der Waals surface area contributed by atoms with E-state index < -0.39 is 0 Å². The van der Waals surface area contributed by atoms with Crippen LogP contribution in [-0.2, 0) is 0 Å². The predicted molar refractivity (Wildman–Crippen MR) is 86.3 cm³/mol. The Bertz CT molecular complexity index is 465. The van der Waals surface area contributed by atoms with E-state index in [0.717, 1.165) is 29.1 Å². The molecule has 2 fully saturated rings. The van der Waals surface area contributed by atoms with Crippen molar-refractivity contribution in [1.29, 1.82) is 0 Å². The number of anilines is 1. The Balaban J connectivity index is 1.89. The lowest BCUT2D eigenvalue weighted by molar-refractivity contribution is 0.427. The zero-order valence-electron chi connectivity index (χ0n) is 12.3. The van der Waals surface area contributed by atoms with Gasteiger partial charge in [-0.1, -0.05) is 26.2 Å². The molecule has 1 aromatic heterocycles. The molecule has 2 aliphatic rings.